The van der Waals surface area contributed by atoms with E-state index in [1.807, 2.05) is 0 Å². The summed E-state index contributed by atoms with van der Waals surface area (Å²) in [6.07, 6.45) is 8.60. The van der Waals surface area contributed by atoms with Crippen LogP contribution >= 0.6 is 11.6 Å². The lowest BCUT2D eigenvalue weighted by Gasteiger charge is -2.18. The van der Waals surface area contributed by atoms with Gasteiger partial charge in [0.15, 0.2) is 16.7 Å². The molecule has 2 aliphatic rings. The second kappa shape index (κ2) is 10.3. The molecule has 2 saturated carbocycles. The van der Waals surface area contributed by atoms with Crippen LogP contribution in [0.1, 0.15) is 60.0 Å². The van der Waals surface area contributed by atoms with Gasteiger partial charge in [0.1, 0.15) is 10.7 Å². The van der Waals surface area contributed by atoms with Gasteiger partial charge in [-0.05, 0) is 73.8 Å². The first kappa shape index (κ1) is 28.5. The number of aryl methyl sites for hydroxylation is 2. The second-order valence-electron chi connectivity index (χ2n) is 10.7. The summed E-state index contributed by atoms with van der Waals surface area (Å²) in [7, 11) is -3.17. The van der Waals surface area contributed by atoms with Crippen molar-refractivity contribution in [3.8, 4) is 16.9 Å². The zero-order chi connectivity index (χ0) is 30.1. The predicted octanol–water partition coefficient (Wildman–Crippen LogP) is 6.32. The largest absolute Gasteiger partial charge is 0.333 e. The third-order valence-electron chi connectivity index (χ3n) is 7.57. The number of rotatable bonds is 7. The van der Waals surface area contributed by atoms with Crippen molar-refractivity contribution < 1.29 is 21.8 Å². The zero-order valence-corrected chi connectivity index (χ0v) is 24.3. The van der Waals surface area contributed by atoms with Gasteiger partial charge in [0, 0.05) is 36.1 Å². The number of nitrogens with zero attached hydrogens (tertiary/aromatic N) is 6. The Morgan fingerprint density at radius 3 is 2.52 bits per heavy atom. The van der Waals surface area contributed by atoms with Crippen LogP contribution in [0, 0.1) is 25.5 Å². The van der Waals surface area contributed by atoms with E-state index in [0.717, 1.165) is 17.4 Å². The Morgan fingerprint density at radius 1 is 1.12 bits per heavy atom. The Morgan fingerprint density at radius 2 is 1.86 bits per heavy atom. The van der Waals surface area contributed by atoms with E-state index in [0.29, 0.717) is 33.5 Å². The predicted molar refractivity (Wildman–Crippen MR) is 149 cm³/mol. The minimum absolute atomic E-state index is 0.114. The van der Waals surface area contributed by atoms with Gasteiger partial charge in [0.05, 0.1) is 27.7 Å². The fourth-order valence-electron chi connectivity index (χ4n) is 5.25. The van der Waals surface area contributed by atoms with E-state index >= 15 is 8.78 Å². The van der Waals surface area contributed by atoms with Gasteiger partial charge < -0.3 is 0 Å². The Kier molecular flexibility index (Phi) is 7.00. The maximum absolute atomic E-state index is 16.2. The average molecular weight is 621 g/mol. The molecule has 6 rings (SSSR count). The van der Waals surface area contributed by atoms with Crippen molar-refractivity contribution in [2.45, 2.75) is 62.6 Å². The summed E-state index contributed by atoms with van der Waals surface area (Å²) in [5, 5.41) is 3.17. The summed E-state index contributed by atoms with van der Waals surface area (Å²) in [4.78, 5) is 21.6. The molecule has 0 N–H and O–H groups in total. The molecule has 220 valence electrons. The van der Waals surface area contributed by atoms with Crippen molar-refractivity contribution in [2.24, 2.45) is 4.36 Å². The SMILES string of the molecule is Cc1cnc(-c2ccnc(S(C)(=O)=NC3CC3)c2F)c(F)c1-n1c(C)cc([C@H]2C[C@@H]2c2cnn(C(F)F)c2)c(Cl)c1=O. The second-order valence-corrected chi connectivity index (χ2v) is 13.3. The molecule has 0 bridgehead atoms. The molecule has 2 fully saturated rings. The van der Waals surface area contributed by atoms with Crippen molar-refractivity contribution in [2.75, 3.05) is 6.26 Å². The molecule has 0 radical (unpaired) electrons. The molecule has 8 nitrogen and oxygen atoms in total. The topological polar surface area (TPSA) is 95.0 Å². The molecule has 4 heterocycles. The fourth-order valence-corrected chi connectivity index (χ4v) is 7.11. The highest BCUT2D eigenvalue weighted by Crippen LogP contribution is 2.56. The van der Waals surface area contributed by atoms with Crippen molar-refractivity contribution in [3.63, 3.8) is 0 Å². The van der Waals surface area contributed by atoms with E-state index in [2.05, 4.69) is 19.4 Å². The number of halogens is 5. The zero-order valence-electron chi connectivity index (χ0n) is 22.7. The van der Waals surface area contributed by atoms with Gasteiger partial charge in [-0.2, -0.15) is 13.9 Å². The number of hydrogen-bond donors (Lipinski definition) is 0. The molecule has 0 saturated heterocycles. The van der Waals surface area contributed by atoms with Crippen LogP contribution in [0.5, 0.6) is 0 Å². The third-order valence-corrected chi connectivity index (χ3v) is 9.65. The van der Waals surface area contributed by atoms with Gasteiger partial charge in [-0.1, -0.05) is 11.6 Å². The van der Waals surface area contributed by atoms with E-state index in [1.54, 1.807) is 19.9 Å². The average Bonchev–Trinajstić information content (AvgIpc) is 3.86. The van der Waals surface area contributed by atoms with Crippen molar-refractivity contribution in [1.29, 1.82) is 0 Å². The maximum atomic E-state index is 16.2. The van der Waals surface area contributed by atoms with E-state index < -0.39 is 33.5 Å². The van der Waals surface area contributed by atoms with Crippen LogP contribution in [0.2, 0.25) is 5.02 Å². The monoisotopic (exact) mass is 620 g/mol. The van der Waals surface area contributed by atoms with Crippen LogP contribution in [0.4, 0.5) is 17.6 Å². The van der Waals surface area contributed by atoms with Gasteiger partial charge in [-0.3, -0.25) is 14.3 Å². The molecule has 3 atom stereocenters. The van der Waals surface area contributed by atoms with Crippen LogP contribution in [-0.4, -0.2) is 40.8 Å². The van der Waals surface area contributed by atoms with Crippen molar-refractivity contribution in [3.05, 3.63) is 86.3 Å². The lowest BCUT2D eigenvalue weighted by atomic mass is 10.1. The maximum Gasteiger partial charge on any atom is 0.333 e. The van der Waals surface area contributed by atoms with Gasteiger partial charge in [-0.15, -0.1) is 0 Å². The van der Waals surface area contributed by atoms with E-state index in [1.165, 1.54) is 37.1 Å². The Bertz CT molecular complexity index is 1930. The summed E-state index contributed by atoms with van der Waals surface area (Å²) in [5.74, 6) is -2.30. The molecule has 0 amide bonds. The molecule has 1 unspecified atom stereocenters. The Labute approximate surface area is 243 Å². The lowest BCUT2D eigenvalue weighted by Crippen LogP contribution is -2.24. The van der Waals surface area contributed by atoms with E-state index in [-0.39, 0.29) is 44.9 Å². The van der Waals surface area contributed by atoms with Gasteiger partial charge in [-0.25, -0.2) is 27.0 Å². The van der Waals surface area contributed by atoms with E-state index in [9.17, 15) is 17.8 Å². The van der Waals surface area contributed by atoms with Crippen molar-refractivity contribution in [1.82, 2.24) is 24.3 Å². The van der Waals surface area contributed by atoms with Crippen molar-refractivity contribution >= 4 is 21.3 Å². The number of hydrogen-bond acceptors (Lipinski definition) is 6. The summed E-state index contributed by atoms with van der Waals surface area (Å²) in [5.41, 5.74) is 0.309. The molecular formula is C28H25ClF4N6O2S. The van der Waals surface area contributed by atoms with Crippen LogP contribution in [-0.2, 0) is 9.73 Å². The lowest BCUT2D eigenvalue weighted by molar-refractivity contribution is 0.0565. The molecule has 4 aromatic rings. The number of pyridine rings is 3. The van der Waals surface area contributed by atoms with Crippen LogP contribution in [0.15, 0.2) is 51.1 Å². The molecular weight excluding hydrogens is 596 g/mol. The number of alkyl halides is 2. The first-order valence-corrected chi connectivity index (χ1v) is 15.4. The first-order chi connectivity index (χ1) is 19.9. The van der Waals surface area contributed by atoms with Crippen LogP contribution in [0.3, 0.4) is 0 Å². The minimum atomic E-state index is -3.17. The standard InChI is InChI=1S/C28H25ClF4N6O2S/c1-13-10-35-24(17-6-7-34-26(22(17)30)42(3,41)37-16-4-5-16)23(31)25(13)39-14(2)8-20(21(29)27(39)40)19-9-18(19)15-11-36-38(12-15)28(32)33/h6-8,10-12,16,18-19,28H,4-5,9H2,1-3H3/t18-,19+,42?/m1/s1. The summed E-state index contributed by atoms with van der Waals surface area (Å²) >= 11 is 6.54. The molecule has 42 heavy (non-hydrogen) atoms. The minimum Gasteiger partial charge on any atom is -0.277 e. The Balaban J connectivity index is 1.41. The van der Waals surface area contributed by atoms with Gasteiger partial charge >= 0.3 is 6.55 Å². The highest BCUT2D eigenvalue weighted by atomic mass is 35.5. The Hall–Kier alpha value is -3.58. The molecule has 0 aliphatic heterocycles. The quantitative estimate of drug-likeness (QED) is 0.225. The van der Waals surface area contributed by atoms with E-state index in [4.69, 9.17) is 11.6 Å². The smallest absolute Gasteiger partial charge is 0.277 e. The highest BCUT2D eigenvalue weighted by molar-refractivity contribution is 7.92. The fraction of sp³-hybridized carbons (Fsp3) is 0.357. The highest BCUT2D eigenvalue weighted by Gasteiger charge is 2.42. The van der Waals surface area contributed by atoms with Gasteiger partial charge in [0.25, 0.3) is 5.56 Å². The third kappa shape index (κ3) is 4.91. The van der Waals surface area contributed by atoms with Crippen LogP contribution in [0.25, 0.3) is 16.9 Å². The molecule has 2 aliphatic carbocycles. The molecule has 0 spiro atoms. The van der Waals surface area contributed by atoms with Gasteiger partial charge in [0.2, 0.25) is 0 Å². The molecule has 14 heteroatoms. The summed E-state index contributed by atoms with van der Waals surface area (Å²) < 4.78 is 76.9. The summed E-state index contributed by atoms with van der Waals surface area (Å²) in [6, 6.07) is 2.78. The van der Waals surface area contributed by atoms with Crippen LogP contribution < -0.4 is 5.56 Å². The normalized spacial score (nSPS) is 19.6. The first-order valence-electron chi connectivity index (χ1n) is 13.1. The summed E-state index contributed by atoms with van der Waals surface area (Å²) in [6.45, 7) is 0.413. The molecule has 4 aromatic heterocycles. The number of aromatic nitrogens is 5. The molecule has 0 aromatic carbocycles.